The number of nitrogens with zero attached hydrogens (tertiary/aromatic N) is 4. The van der Waals surface area contributed by atoms with Crippen molar-refractivity contribution in [1.82, 2.24) is 14.9 Å². The second-order valence-corrected chi connectivity index (χ2v) is 9.97. The molecule has 0 aliphatic carbocycles. The first-order chi connectivity index (χ1) is 14.6. The van der Waals surface area contributed by atoms with Gasteiger partial charge in [0.2, 0.25) is 0 Å². The smallest absolute Gasteiger partial charge is 0.146 e. The van der Waals surface area contributed by atoms with E-state index >= 15 is 0 Å². The van der Waals surface area contributed by atoms with Crippen LogP contribution in [0.3, 0.4) is 0 Å². The summed E-state index contributed by atoms with van der Waals surface area (Å²) in [5.74, 6) is 3.00. The fourth-order valence-corrected chi connectivity index (χ4v) is 5.93. The molecule has 158 valence electrons. The van der Waals surface area contributed by atoms with Gasteiger partial charge in [-0.2, -0.15) is 0 Å². The van der Waals surface area contributed by atoms with Crippen molar-refractivity contribution in [3.05, 3.63) is 46.1 Å². The number of aromatic nitrogens is 2. The molecule has 4 heterocycles. The molecule has 2 aliphatic rings. The molecule has 0 atom stereocenters. The first kappa shape index (κ1) is 19.8. The van der Waals surface area contributed by atoms with Gasteiger partial charge in [-0.15, -0.1) is 11.3 Å². The van der Waals surface area contributed by atoms with E-state index in [2.05, 4.69) is 35.8 Å². The van der Waals surface area contributed by atoms with Gasteiger partial charge in [0.15, 0.2) is 0 Å². The molecule has 0 spiro atoms. The Morgan fingerprint density at radius 1 is 1.00 bits per heavy atom. The highest BCUT2D eigenvalue weighted by atomic mass is 32.1. The number of anilines is 1. The van der Waals surface area contributed by atoms with Crippen LogP contribution in [0.15, 0.2) is 24.3 Å². The first-order valence-electron chi connectivity index (χ1n) is 11.1. The lowest BCUT2D eigenvalue weighted by Crippen LogP contribution is -2.34. The molecule has 5 nitrogen and oxygen atoms in total. The molecule has 30 heavy (non-hydrogen) atoms. The summed E-state index contributed by atoms with van der Waals surface area (Å²) < 4.78 is 0. The summed E-state index contributed by atoms with van der Waals surface area (Å²) in [6.45, 7) is 9.62. The molecule has 0 bridgehead atoms. The number of benzene rings is 1. The maximum absolute atomic E-state index is 9.58. The van der Waals surface area contributed by atoms with Crippen LogP contribution in [0.2, 0.25) is 0 Å². The van der Waals surface area contributed by atoms with Gasteiger partial charge in [0.05, 0.1) is 11.9 Å². The van der Waals surface area contributed by atoms with E-state index in [-0.39, 0.29) is 0 Å². The topological polar surface area (TPSA) is 52.5 Å². The van der Waals surface area contributed by atoms with Crippen molar-refractivity contribution in [2.75, 3.05) is 31.1 Å². The van der Waals surface area contributed by atoms with Crippen LogP contribution < -0.4 is 4.90 Å². The average molecular weight is 423 g/mol. The Labute approximate surface area is 182 Å². The molecule has 2 fully saturated rings. The Hall–Kier alpha value is -2.18. The van der Waals surface area contributed by atoms with E-state index in [4.69, 9.17) is 9.97 Å². The van der Waals surface area contributed by atoms with Crippen molar-refractivity contribution in [3.63, 3.8) is 0 Å². The van der Waals surface area contributed by atoms with Crippen LogP contribution in [-0.2, 0) is 6.54 Å². The number of fused-ring (bicyclic) bond motifs is 1. The van der Waals surface area contributed by atoms with Gasteiger partial charge in [-0.05, 0) is 81.8 Å². The quantitative estimate of drug-likeness (QED) is 0.642. The van der Waals surface area contributed by atoms with Crippen molar-refractivity contribution < 1.29 is 5.11 Å². The molecule has 3 aromatic rings. The van der Waals surface area contributed by atoms with Gasteiger partial charge in [-0.25, -0.2) is 9.97 Å². The SMILES string of the molecule is Cc1sc2nc(CN3CCCC3)nc(N3CCC(c4ccc(O)cc4)CC3)c2c1C. The summed E-state index contributed by atoms with van der Waals surface area (Å²) in [6, 6.07) is 7.74. The second kappa shape index (κ2) is 8.16. The number of hydrogen-bond donors (Lipinski definition) is 1. The van der Waals surface area contributed by atoms with Gasteiger partial charge in [-0.3, -0.25) is 4.90 Å². The zero-order valence-corrected chi connectivity index (χ0v) is 18.7. The number of phenols is 1. The van der Waals surface area contributed by atoms with Crippen molar-refractivity contribution in [2.24, 2.45) is 0 Å². The molecule has 2 aromatic heterocycles. The molecule has 6 heteroatoms. The van der Waals surface area contributed by atoms with Gasteiger partial charge >= 0.3 is 0 Å². The predicted octanol–water partition coefficient (Wildman–Crippen LogP) is 4.99. The molecule has 0 unspecified atom stereocenters. The number of aromatic hydroxyl groups is 1. The van der Waals surface area contributed by atoms with Gasteiger partial charge in [0, 0.05) is 18.0 Å². The van der Waals surface area contributed by atoms with Crippen molar-refractivity contribution in [1.29, 1.82) is 0 Å². The molecule has 1 aromatic carbocycles. The molecular formula is C24H30N4OS. The number of thiophene rings is 1. The number of rotatable bonds is 4. The van der Waals surface area contributed by atoms with Crippen LogP contribution in [0, 0.1) is 13.8 Å². The van der Waals surface area contributed by atoms with Gasteiger partial charge in [0.1, 0.15) is 22.2 Å². The molecule has 2 aliphatic heterocycles. The Morgan fingerprint density at radius 3 is 2.40 bits per heavy atom. The zero-order valence-electron chi connectivity index (χ0n) is 17.9. The number of aryl methyl sites for hydroxylation is 2. The normalized spacial score (nSPS) is 18.5. The summed E-state index contributed by atoms with van der Waals surface area (Å²) >= 11 is 1.81. The lowest BCUT2D eigenvalue weighted by atomic mass is 9.89. The molecule has 1 N–H and O–H groups in total. The maximum Gasteiger partial charge on any atom is 0.146 e. The number of likely N-dealkylation sites (tertiary alicyclic amines) is 1. The van der Waals surface area contributed by atoms with Crippen molar-refractivity contribution in [2.45, 2.75) is 52.0 Å². The summed E-state index contributed by atoms with van der Waals surface area (Å²) in [5, 5.41) is 10.8. The number of phenolic OH excluding ortho intramolecular Hbond substituents is 1. The number of piperidine rings is 1. The van der Waals surface area contributed by atoms with Crippen LogP contribution in [0.25, 0.3) is 10.2 Å². The Morgan fingerprint density at radius 2 is 1.70 bits per heavy atom. The monoisotopic (exact) mass is 422 g/mol. The molecule has 2 saturated heterocycles. The van der Waals surface area contributed by atoms with Crippen LogP contribution in [-0.4, -0.2) is 46.2 Å². The van der Waals surface area contributed by atoms with E-state index in [0.29, 0.717) is 11.7 Å². The Balaban J connectivity index is 1.42. The lowest BCUT2D eigenvalue weighted by molar-refractivity contribution is 0.323. The third-order valence-corrected chi connectivity index (χ3v) is 7.88. The minimum absolute atomic E-state index is 0.341. The van der Waals surface area contributed by atoms with Crippen LogP contribution in [0.4, 0.5) is 5.82 Å². The minimum Gasteiger partial charge on any atom is -0.508 e. The number of hydrogen-bond acceptors (Lipinski definition) is 6. The maximum atomic E-state index is 9.58. The minimum atomic E-state index is 0.341. The van der Waals surface area contributed by atoms with Crippen molar-refractivity contribution >= 4 is 27.4 Å². The summed E-state index contributed by atoms with van der Waals surface area (Å²) in [4.78, 5) is 17.5. The summed E-state index contributed by atoms with van der Waals surface area (Å²) in [6.07, 6.45) is 4.80. The van der Waals surface area contributed by atoms with Crippen LogP contribution in [0.5, 0.6) is 5.75 Å². The third-order valence-electron chi connectivity index (χ3n) is 6.78. The largest absolute Gasteiger partial charge is 0.508 e. The lowest BCUT2D eigenvalue weighted by Gasteiger charge is -2.33. The first-order valence-corrected chi connectivity index (χ1v) is 11.9. The Bertz CT molecular complexity index is 1030. The average Bonchev–Trinajstić information content (AvgIpc) is 3.36. The van der Waals surface area contributed by atoms with E-state index in [1.165, 1.54) is 34.2 Å². The fourth-order valence-electron chi connectivity index (χ4n) is 4.88. The predicted molar refractivity (Wildman–Crippen MR) is 124 cm³/mol. The summed E-state index contributed by atoms with van der Waals surface area (Å²) in [5.41, 5.74) is 2.66. The van der Waals surface area contributed by atoms with Crippen LogP contribution in [0.1, 0.15) is 53.4 Å². The fraction of sp³-hybridized carbons (Fsp3) is 0.500. The van der Waals surface area contributed by atoms with E-state index < -0.39 is 0 Å². The second-order valence-electron chi connectivity index (χ2n) is 8.76. The van der Waals surface area contributed by atoms with Crippen molar-refractivity contribution in [3.8, 4) is 5.75 Å². The van der Waals surface area contributed by atoms with Gasteiger partial charge in [0.25, 0.3) is 0 Å². The molecular weight excluding hydrogens is 392 g/mol. The van der Waals surface area contributed by atoms with E-state index in [9.17, 15) is 5.11 Å². The molecule has 5 rings (SSSR count). The Kier molecular flexibility index (Phi) is 5.37. The van der Waals surface area contributed by atoms with E-state index in [1.807, 2.05) is 11.3 Å². The van der Waals surface area contributed by atoms with Gasteiger partial charge in [-0.1, -0.05) is 12.1 Å². The van der Waals surface area contributed by atoms with E-state index in [1.54, 1.807) is 12.1 Å². The standard InChI is InChI=1S/C24H30N4OS/c1-16-17(2)30-24-22(16)23(25-21(26-24)15-27-11-3-4-12-27)28-13-9-19(10-14-28)18-5-7-20(29)8-6-18/h5-8,19,29H,3-4,9-15H2,1-2H3. The highest BCUT2D eigenvalue weighted by Gasteiger charge is 2.26. The highest BCUT2D eigenvalue weighted by Crippen LogP contribution is 2.38. The molecule has 0 radical (unpaired) electrons. The molecule has 0 saturated carbocycles. The van der Waals surface area contributed by atoms with Gasteiger partial charge < -0.3 is 10.0 Å². The van der Waals surface area contributed by atoms with Crippen LogP contribution >= 0.6 is 11.3 Å². The third kappa shape index (κ3) is 3.79. The summed E-state index contributed by atoms with van der Waals surface area (Å²) in [7, 11) is 0. The molecule has 0 amide bonds. The highest BCUT2D eigenvalue weighted by molar-refractivity contribution is 7.18. The van der Waals surface area contributed by atoms with E-state index in [0.717, 1.165) is 62.0 Å². The zero-order chi connectivity index (χ0) is 20.7.